The molecule has 2 aromatic carbocycles. The van der Waals surface area contributed by atoms with Crippen molar-refractivity contribution in [1.29, 1.82) is 5.26 Å². The molecule has 5 rings (SSSR count). The van der Waals surface area contributed by atoms with Crippen LogP contribution in [0.2, 0.25) is 10.0 Å². The first kappa shape index (κ1) is 33.3. The number of pyridine rings is 1. The largest absolute Gasteiger partial charge is 0.480 e. The number of carbonyl (C=O) groups is 3. The minimum absolute atomic E-state index is 0.0590. The summed E-state index contributed by atoms with van der Waals surface area (Å²) in [5.74, 6) is -2.56. The molecule has 2 aliphatic rings. The molecule has 2 amide bonds. The quantitative estimate of drug-likeness (QED) is 0.289. The predicted octanol–water partition coefficient (Wildman–Crippen LogP) is 3.55. The van der Waals surface area contributed by atoms with Gasteiger partial charge in [0.15, 0.2) is 0 Å². The molecule has 2 saturated heterocycles. The number of sulfonamides is 1. The minimum atomic E-state index is -4.19. The first-order valence-electron chi connectivity index (χ1n) is 14.5. The van der Waals surface area contributed by atoms with Crippen molar-refractivity contribution in [2.45, 2.75) is 48.7 Å². The predicted molar refractivity (Wildman–Crippen MR) is 170 cm³/mol. The SMILES string of the molecule is N#Cc1cccc(S(=O)(=O)N2C[C@H](N3CCCC3)C[C@H]2C(=O)N[C@@H](Cc2ccc(NC(=O)c3c(Cl)cncc3Cl)cc2)C(=O)O)c1. The highest BCUT2D eigenvalue weighted by Crippen LogP contribution is 2.31. The van der Waals surface area contributed by atoms with Crippen molar-refractivity contribution in [3.05, 3.63) is 87.7 Å². The standard InChI is InChI=1S/C31H30Cl2N6O6S/c32-24-16-35-17-25(33)28(24)30(41)36-21-8-6-19(7-9-21)13-26(31(42)43)37-29(40)27-14-22(38-10-1-2-11-38)18-39(27)46(44,45)23-5-3-4-20(12-23)15-34/h3-9,12,16-17,22,26-27H,1-2,10-11,13-14,18H2,(H,36,41)(H,37,40)(H,42,43)/t22-,26+,27+/m1/s1. The zero-order valence-corrected chi connectivity index (χ0v) is 26.7. The van der Waals surface area contributed by atoms with Gasteiger partial charge in [-0.3, -0.25) is 19.5 Å². The Bertz CT molecular complexity index is 1770. The van der Waals surface area contributed by atoms with E-state index >= 15 is 0 Å². The van der Waals surface area contributed by atoms with Crippen molar-refractivity contribution in [2.75, 3.05) is 25.0 Å². The molecule has 1 aromatic heterocycles. The number of aromatic nitrogens is 1. The smallest absolute Gasteiger partial charge is 0.326 e. The van der Waals surface area contributed by atoms with E-state index in [2.05, 4.69) is 20.5 Å². The highest BCUT2D eigenvalue weighted by Gasteiger charge is 2.46. The number of carboxylic acid groups (broad SMARTS) is 1. The molecule has 46 heavy (non-hydrogen) atoms. The summed E-state index contributed by atoms with van der Waals surface area (Å²) in [6.45, 7) is 1.64. The molecular formula is C31H30Cl2N6O6S. The summed E-state index contributed by atoms with van der Waals surface area (Å²) in [6, 6.07) is 11.2. The Labute approximate surface area is 276 Å². The van der Waals surface area contributed by atoms with Crippen molar-refractivity contribution in [3.63, 3.8) is 0 Å². The lowest BCUT2D eigenvalue weighted by Crippen LogP contribution is -2.51. The molecule has 15 heteroatoms. The maximum atomic E-state index is 13.8. The van der Waals surface area contributed by atoms with Crippen LogP contribution in [0, 0.1) is 11.3 Å². The van der Waals surface area contributed by atoms with E-state index in [9.17, 15) is 33.2 Å². The number of aliphatic carboxylic acids is 1. The molecule has 2 fully saturated rings. The number of carbonyl (C=O) groups excluding carboxylic acids is 2. The number of nitrogens with zero attached hydrogens (tertiary/aromatic N) is 4. The summed E-state index contributed by atoms with van der Waals surface area (Å²) >= 11 is 12.1. The Hall–Kier alpha value is -4.06. The van der Waals surface area contributed by atoms with Crippen molar-refractivity contribution in [2.24, 2.45) is 0 Å². The van der Waals surface area contributed by atoms with Crippen LogP contribution in [0.5, 0.6) is 0 Å². The lowest BCUT2D eigenvalue weighted by atomic mass is 10.0. The Morgan fingerprint density at radius 3 is 2.37 bits per heavy atom. The van der Waals surface area contributed by atoms with E-state index in [1.54, 1.807) is 24.3 Å². The topological polar surface area (TPSA) is 173 Å². The maximum Gasteiger partial charge on any atom is 0.326 e. The number of amides is 2. The van der Waals surface area contributed by atoms with Crippen LogP contribution in [0.25, 0.3) is 0 Å². The average Bonchev–Trinajstić information content (AvgIpc) is 3.73. The van der Waals surface area contributed by atoms with Gasteiger partial charge in [-0.15, -0.1) is 0 Å². The zero-order valence-electron chi connectivity index (χ0n) is 24.4. The van der Waals surface area contributed by atoms with Gasteiger partial charge >= 0.3 is 5.97 Å². The number of benzene rings is 2. The van der Waals surface area contributed by atoms with Crippen LogP contribution in [-0.2, 0) is 26.0 Å². The van der Waals surface area contributed by atoms with E-state index in [4.69, 9.17) is 23.2 Å². The molecule has 3 N–H and O–H groups in total. The molecule has 3 atom stereocenters. The van der Waals surface area contributed by atoms with Crippen LogP contribution < -0.4 is 10.6 Å². The van der Waals surface area contributed by atoms with E-state index < -0.39 is 39.9 Å². The van der Waals surface area contributed by atoms with Gasteiger partial charge in [0.05, 0.1) is 32.1 Å². The summed E-state index contributed by atoms with van der Waals surface area (Å²) < 4.78 is 28.7. The first-order valence-corrected chi connectivity index (χ1v) is 16.7. The van der Waals surface area contributed by atoms with E-state index in [1.807, 2.05) is 6.07 Å². The number of nitriles is 1. The molecule has 0 spiro atoms. The molecule has 0 bridgehead atoms. The number of hydrogen-bond acceptors (Lipinski definition) is 8. The zero-order chi connectivity index (χ0) is 33.0. The molecule has 240 valence electrons. The van der Waals surface area contributed by atoms with Crippen molar-refractivity contribution in [1.82, 2.24) is 19.5 Å². The third-order valence-electron chi connectivity index (χ3n) is 8.11. The van der Waals surface area contributed by atoms with Gasteiger partial charge in [-0.25, -0.2) is 13.2 Å². The molecular weight excluding hydrogens is 655 g/mol. The third-order valence-corrected chi connectivity index (χ3v) is 10.6. The number of nitrogens with one attached hydrogen (secondary N) is 2. The van der Waals surface area contributed by atoms with Gasteiger partial charge in [-0.1, -0.05) is 41.4 Å². The van der Waals surface area contributed by atoms with Gasteiger partial charge in [0.25, 0.3) is 5.91 Å². The normalized spacial score (nSPS) is 19.3. The second-order valence-electron chi connectivity index (χ2n) is 11.1. The number of hydrogen-bond donors (Lipinski definition) is 3. The summed E-state index contributed by atoms with van der Waals surface area (Å²) in [5, 5.41) is 24.7. The number of halogens is 2. The second kappa shape index (κ2) is 14.1. The van der Waals surface area contributed by atoms with Gasteiger partial charge in [-0.2, -0.15) is 9.57 Å². The molecule has 3 aromatic rings. The fraction of sp³-hybridized carbons (Fsp3) is 0.323. The fourth-order valence-electron chi connectivity index (χ4n) is 5.77. The summed E-state index contributed by atoms with van der Waals surface area (Å²) in [5.41, 5.74) is 1.17. The van der Waals surface area contributed by atoms with Gasteiger partial charge < -0.3 is 15.7 Å². The summed E-state index contributed by atoms with van der Waals surface area (Å²) in [6.07, 6.45) is 4.64. The second-order valence-corrected chi connectivity index (χ2v) is 13.8. The van der Waals surface area contributed by atoms with Crippen LogP contribution in [0.15, 0.2) is 65.8 Å². The number of carboxylic acids is 1. The van der Waals surface area contributed by atoms with Crippen LogP contribution in [0.3, 0.4) is 0 Å². The molecule has 2 aliphatic heterocycles. The van der Waals surface area contributed by atoms with Crippen molar-refractivity contribution in [3.8, 4) is 6.07 Å². The Morgan fingerprint density at radius 2 is 1.74 bits per heavy atom. The number of anilines is 1. The van der Waals surface area contributed by atoms with E-state index in [1.165, 1.54) is 36.7 Å². The summed E-state index contributed by atoms with van der Waals surface area (Å²) in [7, 11) is -4.19. The highest BCUT2D eigenvalue weighted by molar-refractivity contribution is 7.89. The minimum Gasteiger partial charge on any atom is -0.480 e. The summed E-state index contributed by atoms with van der Waals surface area (Å²) in [4.78, 5) is 44.5. The van der Waals surface area contributed by atoms with Gasteiger partial charge in [-0.05, 0) is 68.2 Å². The molecule has 0 aliphatic carbocycles. The molecule has 0 radical (unpaired) electrons. The Kier molecular flexibility index (Phi) is 10.2. The van der Waals surface area contributed by atoms with E-state index in [0.717, 1.165) is 30.2 Å². The number of likely N-dealkylation sites (tertiary alicyclic amines) is 1. The fourth-order valence-corrected chi connectivity index (χ4v) is 7.99. The van der Waals surface area contributed by atoms with Crippen LogP contribution in [0.4, 0.5) is 5.69 Å². The van der Waals surface area contributed by atoms with Crippen LogP contribution in [-0.4, -0.2) is 83.3 Å². The average molecular weight is 686 g/mol. The molecule has 3 heterocycles. The lowest BCUT2D eigenvalue weighted by molar-refractivity contribution is -0.142. The van der Waals surface area contributed by atoms with E-state index in [-0.39, 0.29) is 51.5 Å². The monoisotopic (exact) mass is 684 g/mol. The van der Waals surface area contributed by atoms with Crippen molar-refractivity contribution >= 4 is 56.7 Å². The molecule has 12 nitrogen and oxygen atoms in total. The van der Waals surface area contributed by atoms with Gasteiger partial charge in [0.1, 0.15) is 12.1 Å². The van der Waals surface area contributed by atoms with Crippen LogP contribution in [0.1, 0.15) is 40.7 Å². The van der Waals surface area contributed by atoms with E-state index in [0.29, 0.717) is 11.3 Å². The maximum absolute atomic E-state index is 13.8. The molecule has 0 saturated carbocycles. The highest BCUT2D eigenvalue weighted by atomic mass is 35.5. The van der Waals surface area contributed by atoms with Gasteiger partial charge in [0, 0.05) is 37.1 Å². The Balaban J connectivity index is 1.31. The number of rotatable bonds is 10. The van der Waals surface area contributed by atoms with Crippen LogP contribution >= 0.6 is 23.2 Å². The Morgan fingerprint density at radius 1 is 1.07 bits per heavy atom. The third kappa shape index (κ3) is 7.32. The first-order chi connectivity index (χ1) is 22.0. The molecule has 0 unspecified atom stereocenters. The van der Waals surface area contributed by atoms with Crippen molar-refractivity contribution < 1.29 is 27.9 Å². The van der Waals surface area contributed by atoms with Gasteiger partial charge in [0.2, 0.25) is 15.9 Å². The lowest BCUT2D eigenvalue weighted by Gasteiger charge is -2.25.